The van der Waals surface area contributed by atoms with Crippen molar-refractivity contribution >= 4 is 17.2 Å². The summed E-state index contributed by atoms with van der Waals surface area (Å²) in [5.74, 6) is 0.896. The van der Waals surface area contributed by atoms with E-state index in [9.17, 15) is 0 Å². The van der Waals surface area contributed by atoms with E-state index in [1.807, 2.05) is 18.5 Å². The Morgan fingerprint density at radius 1 is 0.595 bits per heavy atom. The highest BCUT2D eigenvalue weighted by molar-refractivity contribution is 5.92. The van der Waals surface area contributed by atoms with Crippen molar-refractivity contribution in [2.75, 3.05) is 4.90 Å². The average Bonchev–Trinajstić information content (AvgIpc) is 3.32. The Morgan fingerprint density at radius 2 is 1.22 bits per heavy atom. The van der Waals surface area contributed by atoms with Crippen LogP contribution in [-0.2, 0) is 0 Å². The van der Waals surface area contributed by atoms with Gasteiger partial charge in [0.25, 0.3) is 0 Å². The standard InChI is InChI=1S/C34H25N3/c1-4-11-24(12-5-1)27-17-18-32-30(21-27)31-23-28(25-13-6-2-7-14-25)22-29(26-15-8-3-9-16-26)33(31)37(32)34-35-19-10-20-36-34/h1-23,30,32H. The van der Waals surface area contributed by atoms with Crippen LogP contribution in [0.1, 0.15) is 17.0 Å². The first-order chi connectivity index (χ1) is 18.4. The van der Waals surface area contributed by atoms with Crippen LogP contribution >= 0.6 is 0 Å². The number of nitrogens with zero attached hydrogens (tertiary/aromatic N) is 3. The molecule has 5 aromatic rings. The maximum Gasteiger partial charge on any atom is 0.230 e. The van der Waals surface area contributed by atoms with Crippen molar-refractivity contribution in [2.24, 2.45) is 0 Å². The van der Waals surface area contributed by atoms with Gasteiger partial charge in [-0.15, -0.1) is 0 Å². The zero-order valence-electron chi connectivity index (χ0n) is 20.3. The Balaban J connectivity index is 1.50. The Morgan fingerprint density at radius 3 is 1.89 bits per heavy atom. The fourth-order valence-electron chi connectivity index (χ4n) is 5.63. The van der Waals surface area contributed by atoms with Gasteiger partial charge in [0.1, 0.15) is 0 Å². The average molecular weight is 476 g/mol. The minimum absolute atomic E-state index is 0.0957. The van der Waals surface area contributed by atoms with E-state index in [0.29, 0.717) is 0 Å². The summed E-state index contributed by atoms with van der Waals surface area (Å²) < 4.78 is 0. The van der Waals surface area contributed by atoms with E-state index in [1.54, 1.807) is 0 Å². The van der Waals surface area contributed by atoms with Gasteiger partial charge in [0, 0.05) is 23.9 Å². The van der Waals surface area contributed by atoms with Gasteiger partial charge in [-0.2, -0.15) is 0 Å². The molecular weight excluding hydrogens is 450 g/mol. The molecule has 37 heavy (non-hydrogen) atoms. The number of anilines is 2. The third-order valence-electron chi connectivity index (χ3n) is 7.30. The molecule has 1 aliphatic heterocycles. The molecule has 1 aliphatic carbocycles. The van der Waals surface area contributed by atoms with Crippen LogP contribution in [0.15, 0.2) is 140 Å². The molecule has 0 spiro atoms. The summed E-state index contributed by atoms with van der Waals surface area (Å²) >= 11 is 0. The predicted octanol–water partition coefficient (Wildman–Crippen LogP) is 8.07. The van der Waals surface area contributed by atoms with Crippen molar-refractivity contribution in [3.63, 3.8) is 0 Å². The lowest BCUT2D eigenvalue weighted by molar-refractivity contribution is 0.732. The van der Waals surface area contributed by atoms with E-state index in [-0.39, 0.29) is 12.0 Å². The second-order valence-corrected chi connectivity index (χ2v) is 9.48. The normalized spacial score (nSPS) is 17.7. The molecule has 2 heterocycles. The molecule has 0 bridgehead atoms. The molecule has 0 amide bonds. The van der Waals surface area contributed by atoms with Crippen LogP contribution < -0.4 is 4.90 Å². The molecule has 2 aliphatic rings. The second kappa shape index (κ2) is 9.03. The maximum absolute atomic E-state index is 4.70. The summed E-state index contributed by atoms with van der Waals surface area (Å²) in [6.45, 7) is 0. The van der Waals surface area contributed by atoms with Gasteiger partial charge in [0.05, 0.1) is 11.7 Å². The van der Waals surface area contributed by atoms with Gasteiger partial charge < -0.3 is 4.90 Å². The first-order valence-electron chi connectivity index (χ1n) is 12.7. The van der Waals surface area contributed by atoms with Crippen LogP contribution in [-0.4, -0.2) is 16.0 Å². The zero-order chi connectivity index (χ0) is 24.6. The molecule has 7 rings (SSSR count). The van der Waals surface area contributed by atoms with Gasteiger partial charge in [-0.3, -0.25) is 0 Å². The number of hydrogen-bond acceptors (Lipinski definition) is 3. The molecule has 4 aromatic carbocycles. The van der Waals surface area contributed by atoms with Gasteiger partial charge in [-0.05, 0) is 51.6 Å². The van der Waals surface area contributed by atoms with E-state index >= 15 is 0 Å². The molecule has 176 valence electrons. The molecule has 2 atom stereocenters. The summed E-state index contributed by atoms with van der Waals surface area (Å²) in [4.78, 5) is 11.7. The van der Waals surface area contributed by atoms with E-state index in [4.69, 9.17) is 9.97 Å². The number of allylic oxidation sites excluding steroid dienone is 2. The van der Waals surface area contributed by atoms with E-state index in [1.165, 1.54) is 44.6 Å². The molecule has 0 fully saturated rings. The van der Waals surface area contributed by atoms with Crippen LogP contribution in [0.5, 0.6) is 0 Å². The summed E-state index contributed by atoms with van der Waals surface area (Å²) in [6.07, 6.45) is 10.6. The SMILES string of the molecule is C1=CC2C(C=C1c1ccccc1)c1cc(-c3ccccc3)cc(-c3ccccc3)c1N2c1ncccn1. The first kappa shape index (κ1) is 21.5. The Hall–Kier alpha value is -4.76. The van der Waals surface area contributed by atoms with E-state index in [2.05, 4.69) is 126 Å². The third kappa shape index (κ3) is 3.76. The van der Waals surface area contributed by atoms with Crippen LogP contribution in [0.4, 0.5) is 11.6 Å². The third-order valence-corrected chi connectivity index (χ3v) is 7.30. The van der Waals surface area contributed by atoms with Crippen molar-refractivity contribution in [1.29, 1.82) is 0 Å². The quantitative estimate of drug-likeness (QED) is 0.263. The fraction of sp³-hybridized carbons (Fsp3) is 0.0588. The number of rotatable bonds is 4. The number of aromatic nitrogens is 2. The lowest BCUT2D eigenvalue weighted by Crippen LogP contribution is -2.30. The van der Waals surface area contributed by atoms with E-state index in [0.717, 1.165) is 5.95 Å². The van der Waals surface area contributed by atoms with Gasteiger partial charge in [0.15, 0.2) is 0 Å². The predicted molar refractivity (Wildman–Crippen MR) is 152 cm³/mol. The first-order valence-corrected chi connectivity index (χ1v) is 12.7. The van der Waals surface area contributed by atoms with Gasteiger partial charge in [0.2, 0.25) is 5.95 Å². The van der Waals surface area contributed by atoms with Gasteiger partial charge in [-0.1, -0.05) is 109 Å². The van der Waals surface area contributed by atoms with Crippen LogP contribution in [0.2, 0.25) is 0 Å². The number of hydrogen-bond donors (Lipinski definition) is 0. The van der Waals surface area contributed by atoms with Gasteiger partial charge in [-0.25, -0.2) is 9.97 Å². The van der Waals surface area contributed by atoms with Crippen molar-refractivity contribution in [3.05, 3.63) is 151 Å². The lowest BCUT2D eigenvalue weighted by Gasteiger charge is -2.28. The largest absolute Gasteiger partial charge is 0.302 e. The van der Waals surface area contributed by atoms with Crippen molar-refractivity contribution in [2.45, 2.75) is 12.0 Å². The number of fused-ring (bicyclic) bond motifs is 3. The molecular formula is C34H25N3. The smallest absolute Gasteiger partial charge is 0.230 e. The summed E-state index contributed by atoms with van der Waals surface area (Å²) in [6, 6.07) is 38.6. The Labute approximate surface area is 217 Å². The Kier molecular flexibility index (Phi) is 5.25. The summed E-state index contributed by atoms with van der Waals surface area (Å²) in [5, 5.41) is 0. The molecule has 2 unspecified atom stereocenters. The lowest BCUT2D eigenvalue weighted by atomic mass is 9.84. The molecule has 1 aromatic heterocycles. The zero-order valence-corrected chi connectivity index (χ0v) is 20.3. The molecule has 0 radical (unpaired) electrons. The molecule has 3 heteroatoms. The highest BCUT2D eigenvalue weighted by Crippen LogP contribution is 2.53. The minimum atomic E-state index is 0.0957. The second-order valence-electron chi connectivity index (χ2n) is 9.48. The maximum atomic E-state index is 4.70. The molecule has 0 N–H and O–H groups in total. The molecule has 3 nitrogen and oxygen atoms in total. The highest BCUT2D eigenvalue weighted by atomic mass is 15.3. The molecule has 0 saturated heterocycles. The Bertz CT molecular complexity index is 1610. The molecule has 0 saturated carbocycles. The van der Waals surface area contributed by atoms with Gasteiger partial charge >= 0.3 is 0 Å². The minimum Gasteiger partial charge on any atom is -0.302 e. The van der Waals surface area contributed by atoms with Crippen molar-refractivity contribution in [3.8, 4) is 22.3 Å². The number of benzene rings is 4. The highest BCUT2D eigenvalue weighted by Gasteiger charge is 2.41. The monoisotopic (exact) mass is 475 g/mol. The van der Waals surface area contributed by atoms with Crippen LogP contribution in [0, 0.1) is 0 Å². The van der Waals surface area contributed by atoms with Crippen molar-refractivity contribution in [1.82, 2.24) is 9.97 Å². The summed E-state index contributed by atoms with van der Waals surface area (Å²) in [5.41, 5.74) is 9.78. The van der Waals surface area contributed by atoms with Crippen LogP contribution in [0.3, 0.4) is 0 Å². The summed E-state index contributed by atoms with van der Waals surface area (Å²) in [7, 11) is 0. The fourth-order valence-corrected chi connectivity index (χ4v) is 5.63. The van der Waals surface area contributed by atoms with Crippen LogP contribution in [0.25, 0.3) is 27.8 Å². The van der Waals surface area contributed by atoms with Crippen molar-refractivity contribution < 1.29 is 0 Å². The topological polar surface area (TPSA) is 29.0 Å². The van der Waals surface area contributed by atoms with E-state index < -0.39 is 0 Å².